The summed E-state index contributed by atoms with van der Waals surface area (Å²) in [5, 5.41) is 2.09. The predicted molar refractivity (Wildman–Crippen MR) is 85.3 cm³/mol. The first-order chi connectivity index (χ1) is 11.7. The van der Waals surface area contributed by atoms with E-state index in [4.69, 9.17) is 9.47 Å². The van der Waals surface area contributed by atoms with Crippen molar-refractivity contribution in [2.24, 2.45) is 5.92 Å². The molecule has 0 aliphatic rings. The molecule has 0 aromatic heterocycles. The van der Waals surface area contributed by atoms with Gasteiger partial charge < -0.3 is 14.8 Å². The van der Waals surface area contributed by atoms with E-state index >= 15 is 0 Å². The number of hydrogen-bond acceptors (Lipinski definition) is 4. The normalized spacial score (nSPS) is 13.2. The molecule has 25 heavy (non-hydrogen) atoms. The topological polar surface area (TPSA) is 64.6 Å². The van der Waals surface area contributed by atoms with Gasteiger partial charge in [-0.05, 0) is 25.0 Å². The standard InChI is InChI=1S/C17H20F3NO4/c1-5-8-24-10(4)17(23)25-15(9(2)3)16(22)21-12-7-6-11(18)13(19)14(12)20/h5-7,9-10,15H,1,8H2,2-4H3,(H,21,22). The molecule has 0 aliphatic heterocycles. The summed E-state index contributed by atoms with van der Waals surface area (Å²) in [7, 11) is 0. The highest BCUT2D eigenvalue weighted by atomic mass is 19.2. The van der Waals surface area contributed by atoms with Crippen LogP contribution in [-0.4, -0.2) is 30.7 Å². The van der Waals surface area contributed by atoms with Crippen molar-refractivity contribution >= 4 is 17.6 Å². The van der Waals surface area contributed by atoms with E-state index in [1.54, 1.807) is 13.8 Å². The van der Waals surface area contributed by atoms with Crippen LogP contribution in [-0.2, 0) is 19.1 Å². The number of amides is 1. The molecule has 1 N–H and O–H groups in total. The second-order valence-corrected chi connectivity index (χ2v) is 5.58. The summed E-state index contributed by atoms with van der Waals surface area (Å²) in [6.45, 7) is 8.22. The molecule has 0 fully saturated rings. The molecular weight excluding hydrogens is 339 g/mol. The van der Waals surface area contributed by atoms with Gasteiger partial charge >= 0.3 is 5.97 Å². The minimum absolute atomic E-state index is 0.120. The zero-order valence-corrected chi connectivity index (χ0v) is 14.1. The first-order valence-electron chi connectivity index (χ1n) is 7.56. The van der Waals surface area contributed by atoms with Gasteiger partial charge in [-0.2, -0.15) is 0 Å². The third-order valence-corrected chi connectivity index (χ3v) is 3.20. The minimum Gasteiger partial charge on any atom is -0.450 e. The number of benzene rings is 1. The number of esters is 1. The number of carbonyl (C=O) groups excluding carboxylic acids is 2. The van der Waals surface area contributed by atoms with Crippen LogP contribution in [0.25, 0.3) is 0 Å². The Morgan fingerprint density at radius 2 is 1.84 bits per heavy atom. The van der Waals surface area contributed by atoms with Gasteiger partial charge in [-0.1, -0.05) is 19.9 Å². The second-order valence-electron chi connectivity index (χ2n) is 5.58. The molecule has 138 valence electrons. The molecule has 0 saturated carbocycles. The molecule has 2 unspecified atom stereocenters. The lowest BCUT2D eigenvalue weighted by Crippen LogP contribution is -2.39. The maximum Gasteiger partial charge on any atom is 0.335 e. The van der Waals surface area contributed by atoms with Gasteiger partial charge in [0, 0.05) is 0 Å². The molecule has 1 aromatic carbocycles. The molecule has 0 radical (unpaired) electrons. The summed E-state index contributed by atoms with van der Waals surface area (Å²) in [6.07, 6.45) is -0.760. The lowest BCUT2D eigenvalue weighted by atomic mass is 10.1. The van der Waals surface area contributed by atoms with E-state index in [9.17, 15) is 22.8 Å². The summed E-state index contributed by atoms with van der Waals surface area (Å²) in [5.41, 5.74) is -0.554. The number of anilines is 1. The number of ether oxygens (including phenoxy) is 2. The summed E-state index contributed by atoms with van der Waals surface area (Å²) < 4.78 is 50.0. The van der Waals surface area contributed by atoms with E-state index in [0.717, 1.165) is 6.07 Å². The zero-order valence-electron chi connectivity index (χ0n) is 14.1. The molecule has 1 amide bonds. The van der Waals surface area contributed by atoms with Crippen LogP contribution in [0.15, 0.2) is 24.8 Å². The van der Waals surface area contributed by atoms with Gasteiger partial charge in [0.1, 0.15) is 0 Å². The van der Waals surface area contributed by atoms with Crippen LogP contribution < -0.4 is 5.32 Å². The van der Waals surface area contributed by atoms with E-state index < -0.39 is 53.1 Å². The fourth-order valence-electron chi connectivity index (χ4n) is 1.82. The number of nitrogens with one attached hydrogen (secondary N) is 1. The first kappa shape index (κ1) is 20.7. The van der Waals surface area contributed by atoms with Crippen molar-refractivity contribution in [3.8, 4) is 0 Å². The Hall–Kier alpha value is -2.35. The van der Waals surface area contributed by atoms with E-state index in [-0.39, 0.29) is 6.61 Å². The highest BCUT2D eigenvalue weighted by Crippen LogP contribution is 2.21. The molecule has 0 spiro atoms. The summed E-state index contributed by atoms with van der Waals surface area (Å²) in [6, 6.07) is 1.55. The van der Waals surface area contributed by atoms with Crippen LogP contribution in [0, 0.1) is 23.4 Å². The van der Waals surface area contributed by atoms with Crippen LogP contribution in [0.2, 0.25) is 0 Å². The molecule has 0 heterocycles. The zero-order chi connectivity index (χ0) is 19.1. The molecule has 1 rings (SSSR count). The Morgan fingerprint density at radius 3 is 2.40 bits per heavy atom. The van der Waals surface area contributed by atoms with Crippen molar-refractivity contribution in [1.29, 1.82) is 0 Å². The van der Waals surface area contributed by atoms with Crippen molar-refractivity contribution in [1.82, 2.24) is 0 Å². The Balaban J connectivity index is 2.85. The summed E-state index contributed by atoms with van der Waals surface area (Å²) in [4.78, 5) is 24.2. The molecule has 5 nitrogen and oxygen atoms in total. The third kappa shape index (κ3) is 5.60. The molecular formula is C17H20F3NO4. The number of rotatable bonds is 8. The minimum atomic E-state index is -1.71. The highest BCUT2D eigenvalue weighted by Gasteiger charge is 2.29. The lowest BCUT2D eigenvalue weighted by Gasteiger charge is -2.22. The van der Waals surface area contributed by atoms with Crippen LogP contribution in [0.5, 0.6) is 0 Å². The fourth-order valence-corrected chi connectivity index (χ4v) is 1.82. The largest absolute Gasteiger partial charge is 0.450 e. The average molecular weight is 359 g/mol. The van der Waals surface area contributed by atoms with Crippen molar-refractivity contribution < 1.29 is 32.2 Å². The summed E-state index contributed by atoms with van der Waals surface area (Å²) in [5.74, 6) is -6.74. The van der Waals surface area contributed by atoms with Crippen LogP contribution in [0.1, 0.15) is 20.8 Å². The van der Waals surface area contributed by atoms with Crippen LogP contribution >= 0.6 is 0 Å². The Labute approximate surface area is 143 Å². The van der Waals surface area contributed by atoms with Crippen LogP contribution in [0.3, 0.4) is 0 Å². The van der Waals surface area contributed by atoms with E-state index in [2.05, 4.69) is 11.9 Å². The van der Waals surface area contributed by atoms with E-state index in [1.807, 2.05) is 0 Å². The monoisotopic (exact) mass is 359 g/mol. The molecule has 0 saturated heterocycles. The van der Waals surface area contributed by atoms with Gasteiger partial charge in [-0.3, -0.25) is 4.79 Å². The quantitative estimate of drug-likeness (QED) is 0.440. The van der Waals surface area contributed by atoms with Gasteiger partial charge in [-0.15, -0.1) is 6.58 Å². The first-order valence-corrected chi connectivity index (χ1v) is 7.56. The third-order valence-electron chi connectivity index (χ3n) is 3.20. The SMILES string of the molecule is C=CCOC(C)C(=O)OC(C(=O)Nc1ccc(F)c(F)c1F)C(C)C. The van der Waals surface area contributed by atoms with Gasteiger partial charge in [0.25, 0.3) is 5.91 Å². The lowest BCUT2D eigenvalue weighted by molar-refractivity contribution is -0.166. The molecule has 0 bridgehead atoms. The van der Waals surface area contributed by atoms with Gasteiger partial charge in [0.15, 0.2) is 29.7 Å². The van der Waals surface area contributed by atoms with E-state index in [1.165, 1.54) is 13.0 Å². The maximum absolute atomic E-state index is 13.7. The van der Waals surface area contributed by atoms with Crippen molar-refractivity contribution in [3.05, 3.63) is 42.2 Å². The number of hydrogen-bond donors (Lipinski definition) is 1. The van der Waals surface area contributed by atoms with Crippen molar-refractivity contribution in [2.75, 3.05) is 11.9 Å². The van der Waals surface area contributed by atoms with Crippen molar-refractivity contribution in [3.63, 3.8) is 0 Å². The molecule has 8 heteroatoms. The molecule has 1 aromatic rings. The van der Waals surface area contributed by atoms with Crippen molar-refractivity contribution in [2.45, 2.75) is 33.0 Å². The van der Waals surface area contributed by atoms with Crippen LogP contribution in [0.4, 0.5) is 18.9 Å². The average Bonchev–Trinajstić information content (AvgIpc) is 2.57. The van der Waals surface area contributed by atoms with Gasteiger partial charge in [0.2, 0.25) is 0 Å². The number of halogens is 3. The highest BCUT2D eigenvalue weighted by molar-refractivity contribution is 5.95. The van der Waals surface area contributed by atoms with Gasteiger partial charge in [-0.25, -0.2) is 18.0 Å². The molecule has 0 aliphatic carbocycles. The number of carbonyl (C=O) groups is 2. The van der Waals surface area contributed by atoms with Gasteiger partial charge in [0.05, 0.1) is 12.3 Å². The summed E-state index contributed by atoms with van der Waals surface area (Å²) >= 11 is 0. The smallest absolute Gasteiger partial charge is 0.335 e. The Kier molecular flexibility index (Phi) is 7.63. The fraction of sp³-hybridized carbons (Fsp3) is 0.412. The Bertz CT molecular complexity index is 649. The second kappa shape index (κ2) is 9.22. The molecule has 2 atom stereocenters. The Morgan fingerprint density at radius 1 is 1.20 bits per heavy atom. The predicted octanol–water partition coefficient (Wildman–Crippen LogP) is 3.20. The van der Waals surface area contributed by atoms with E-state index in [0.29, 0.717) is 6.07 Å². The maximum atomic E-state index is 13.7.